The summed E-state index contributed by atoms with van der Waals surface area (Å²) >= 11 is 0. The molecule has 0 spiro atoms. The number of rotatable bonds is 4. The Kier molecular flexibility index (Phi) is 17.4. The number of carbonyl (C=O) groups excluding carboxylic acids is 2. The van der Waals surface area contributed by atoms with Crippen LogP contribution in [0.2, 0.25) is 0 Å². The standard InChI is InChI=1S/C6H12.C4H6O7S.2Na/c1-2-4-6-5-3-1;5-3(6)1-2(4(7)8)12(9,10)11;;/h1-6H2;2H,1H2,(H,5,6)(H,7,8)(H,9,10,11);;/q;;2*+1/p-2. The maximum absolute atomic E-state index is 10.2. The van der Waals surface area contributed by atoms with E-state index in [2.05, 4.69) is 0 Å². The Balaban J connectivity index is -0.000000307. The van der Waals surface area contributed by atoms with E-state index in [0.717, 1.165) is 0 Å². The molecule has 0 aromatic rings. The van der Waals surface area contributed by atoms with E-state index in [1.165, 1.54) is 38.5 Å². The van der Waals surface area contributed by atoms with Crippen LogP contribution >= 0.6 is 0 Å². The van der Waals surface area contributed by atoms with Crippen molar-refractivity contribution in [2.24, 2.45) is 0 Å². The molecular weight excluding hydrogens is 310 g/mol. The maximum Gasteiger partial charge on any atom is 1.00 e. The van der Waals surface area contributed by atoms with Crippen molar-refractivity contribution in [1.82, 2.24) is 0 Å². The van der Waals surface area contributed by atoms with Crippen molar-refractivity contribution in [3.63, 3.8) is 0 Å². The molecule has 0 aromatic carbocycles. The fourth-order valence-electron chi connectivity index (χ4n) is 1.52. The van der Waals surface area contributed by atoms with E-state index in [4.69, 9.17) is 4.55 Å². The van der Waals surface area contributed by atoms with Crippen molar-refractivity contribution in [3.05, 3.63) is 0 Å². The van der Waals surface area contributed by atoms with Gasteiger partial charge in [0.05, 0.1) is 5.97 Å². The number of carboxylic acid groups (broad SMARTS) is 2. The summed E-state index contributed by atoms with van der Waals surface area (Å²) < 4.78 is 28.5. The summed E-state index contributed by atoms with van der Waals surface area (Å²) in [5.41, 5.74) is 0. The van der Waals surface area contributed by atoms with Crippen LogP contribution in [-0.4, -0.2) is 30.2 Å². The number of carbonyl (C=O) groups is 2. The molecule has 1 saturated carbocycles. The van der Waals surface area contributed by atoms with Crippen LogP contribution in [0.15, 0.2) is 0 Å². The number of aliphatic carboxylic acids is 2. The Labute approximate surface area is 162 Å². The molecule has 0 amide bonds. The Morgan fingerprint density at radius 1 is 0.950 bits per heavy atom. The predicted molar refractivity (Wildman–Crippen MR) is 57.7 cm³/mol. The molecule has 1 N–H and O–H groups in total. The monoisotopic (exact) mass is 326 g/mol. The molecule has 1 atom stereocenters. The third-order valence-corrected chi connectivity index (χ3v) is 3.55. The van der Waals surface area contributed by atoms with Crippen LogP contribution in [0.5, 0.6) is 0 Å². The van der Waals surface area contributed by atoms with Gasteiger partial charge in [-0.05, 0) is 0 Å². The van der Waals surface area contributed by atoms with Crippen LogP contribution < -0.4 is 69.3 Å². The second kappa shape index (κ2) is 13.5. The van der Waals surface area contributed by atoms with E-state index in [9.17, 15) is 28.2 Å². The second-order valence-corrected chi connectivity index (χ2v) is 5.62. The quantitative estimate of drug-likeness (QED) is 0.400. The minimum atomic E-state index is -4.94. The summed E-state index contributed by atoms with van der Waals surface area (Å²) in [6.07, 6.45) is 7.67. The minimum Gasteiger partial charge on any atom is -0.550 e. The summed E-state index contributed by atoms with van der Waals surface area (Å²) in [7, 11) is -4.94. The summed E-state index contributed by atoms with van der Waals surface area (Å²) in [6.45, 7) is 0. The zero-order valence-electron chi connectivity index (χ0n) is 11.8. The van der Waals surface area contributed by atoms with Gasteiger partial charge in [0.2, 0.25) is 0 Å². The summed E-state index contributed by atoms with van der Waals surface area (Å²) in [5, 5.41) is 17.3. The van der Waals surface area contributed by atoms with Gasteiger partial charge in [0.25, 0.3) is 10.1 Å². The fourth-order valence-corrected chi connectivity index (χ4v) is 2.11. The van der Waals surface area contributed by atoms with E-state index in [-0.39, 0.29) is 59.1 Å². The van der Waals surface area contributed by atoms with Gasteiger partial charge in [-0.3, -0.25) is 4.55 Å². The molecule has 1 aliphatic rings. The zero-order chi connectivity index (χ0) is 14.2. The van der Waals surface area contributed by atoms with E-state index >= 15 is 0 Å². The van der Waals surface area contributed by atoms with Gasteiger partial charge >= 0.3 is 59.1 Å². The molecular formula is C10H16Na2O7S. The first-order valence-electron chi connectivity index (χ1n) is 5.62. The van der Waals surface area contributed by atoms with E-state index < -0.39 is 33.7 Å². The van der Waals surface area contributed by atoms with Gasteiger partial charge in [0, 0.05) is 12.4 Å². The molecule has 1 fully saturated rings. The van der Waals surface area contributed by atoms with Gasteiger partial charge in [-0.1, -0.05) is 38.5 Å². The van der Waals surface area contributed by atoms with E-state index in [0.29, 0.717) is 0 Å². The van der Waals surface area contributed by atoms with E-state index in [1.54, 1.807) is 0 Å². The van der Waals surface area contributed by atoms with Crippen molar-refractivity contribution in [2.75, 3.05) is 0 Å². The van der Waals surface area contributed by atoms with Gasteiger partial charge in [0.15, 0.2) is 0 Å². The predicted octanol–water partition coefficient (Wildman–Crippen LogP) is -7.52. The van der Waals surface area contributed by atoms with Crippen LogP contribution in [0.25, 0.3) is 0 Å². The Morgan fingerprint density at radius 3 is 1.35 bits per heavy atom. The SMILES string of the molecule is C1CCCCC1.O=C([O-])CC(C(=O)[O-])S(=O)(=O)O.[Na+].[Na+]. The smallest absolute Gasteiger partial charge is 0.550 e. The van der Waals surface area contributed by atoms with Gasteiger partial charge < -0.3 is 19.8 Å². The molecule has 1 aliphatic carbocycles. The molecule has 0 bridgehead atoms. The first kappa shape index (κ1) is 25.8. The molecule has 0 aromatic heterocycles. The average molecular weight is 326 g/mol. The third kappa shape index (κ3) is 13.8. The van der Waals surface area contributed by atoms with Gasteiger partial charge in [-0.25, -0.2) is 0 Å². The maximum atomic E-state index is 10.2. The van der Waals surface area contributed by atoms with Gasteiger partial charge in [0.1, 0.15) is 5.25 Å². The number of hydrogen-bond acceptors (Lipinski definition) is 6. The van der Waals surface area contributed by atoms with Crippen molar-refractivity contribution < 1.29 is 91.9 Å². The molecule has 0 radical (unpaired) electrons. The summed E-state index contributed by atoms with van der Waals surface area (Å²) in [6, 6.07) is 0. The van der Waals surface area contributed by atoms with Crippen molar-refractivity contribution in [1.29, 1.82) is 0 Å². The van der Waals surface area contributed by atoms with Crippen LogP contribution in [0.1, 0.15) is 44.9 Å². The first-order valence-corrected chi connectivity index (χ1v) is 7.12. The molecule has 0 aliphatic heterocycles. The van der Waals surface area contributed by atoms with Crippen LogP contribution in [0.4, 0.5) is 0 Å². The van der Waals surface area contributed by atoms with Crippen LogP contribution in [0.3, 0.4) is 0 Å². The Bertz CT molecular complexity index is 368. The van der Waals surface area contributed by atoms with Crippen molar-refractivity contribution in [2.45, 2.75) is 50.2 Å². The number of carboxylic acids is 2. The molecule has 10 heteroatoms. The summed E-state index contributed by atoms with van der Waals surface area (Å²) in [5.74, 6) is -4.08. The van der Waals surface area contributed by atoms with Crippen LogP contribution in [-0.2, 0) is 19.7 Å². The molecule has 20 heavy (non-hydrogen) atoms. The number of hydrogen-bond donors (Lipinski definition) is 1. The molecule has 1 unspecified atom stereocenters. The molecule has 1 rings (SSSR count). The second-order valence-electron chi connectivity index (χ2n) is 4.02. The molecule has 106 valence electrons. The minimum absolute atomic E-state index is 0. The van der Waals surface area contributed by atoms with Crippen molar-refractivity contribution in [3.8, 4) is 0 Å². The Hall–Kier alpha value is 0.850. The van der Waals surface area contributed by atoms with Crippen molar-refractivity contribution >= 4 is 22.1 Å². The summed E-state index contributed by atoms with van der Waals surface area (Å²) in [4.78, 5) is 19.7. The fraction of sp³-hybridized carbons (Fsp3) is 0.800. The molecule has 7 nitrogen and oxygen atoms in total. The zero-order valence-corrected chi connectivity index (χ0v) is 16.6. The first-order chi connectivity index (χ1) is 8.25. The molecule has 0 saturated heterocycles. The average Bonchev–Trinajstić information content (AvgIpc) is 2.27. The van der Waals surface area contributed by atoms with E-state index in [1.807, 2.05) is 0 Å². The van der Waals surface area contributed by atoms with Gasteiger partial charge in [-0.2, -0.15) is 8.42 Å². The largest absolute Gasteiger partial charge is 1.00 e. The molecule has 0 heterocycles. The Morgan fingerprint density at radius 2 is 1.25 bits per heavy atom. The van der Waals surface area contributed by atoms with Crippen LogP contribution in [0, 0.1) is 0 Å². The third-order valence-electron chi connectivity index (χ3n) is 2.47. The van der Waals surface area contributed by atoms with Gasteiger partial charge in [-0.15, -0.1) is 0 Å². The topological polar surface area (TPSA) is 135 Å². The normalized spacial score (nSPS) is 15.4.